The van der Waals surface area contributed by atoms with Gasteiger partial charge in [-0.3, -0.25) is 4.79 Å². The lowest BCUT2D eigenvalue weighted by Gasteiger charge is -2.18. The van der Waals surface area contributed by atoms with Gasteiger partial charge in [-0.2, -0.15) is 0 Å². The lowest BCUT2D eigenvalue weighted by molar-refractivity contribution is 0.0989. The number of amides is 1. The number of nitrogens with two attached hydrogens (primary N) is 1. The second-order valence-corrected chi connectivity index (χ2v) is 5.15. The number of nitrogen functional groups attached to an aromatic ring is 1. The first kappa shape index (κ1) is 12.7. The predicted octanol–water partition coefficient (Wildman–Crippen LogP) is 3.03. The van der Waals surface area contributed by atoms with Gasteiger partial charge >= 0.3 is 0 Å². The van der Waals surface area contributed by atoms with Crippen molar-refractivity contribution in [3.8, 4) is 0 Å². The van der Waals surface area contributed by atoms with Crippen LogP contribution in [0.25, 0.3) is 0 Å². The van der Waals surface area contributed by atoms with Gasteiger partial charge in [0.25, 0.3) is 5.91 Å². The normalized spacial score (nSPS) is 13.3. The van der Waals surface area contributed by atoms with E-state index < -0.39 is 0 Å². The van der Waals surface area contributed by atoms with E-state index >= 15 is 0 Å². The van der Waals surface area contributed by atoms with Crippen LogP contribution in [0.1, 0.15) is 28.4 Å². The summed E-state index contributed by atoms with van der Waals surface area (Å²) in [4.78, 5) is 14.4. The van der Waals surface area contributed by atoms with E-state index in [-0.39, 0.29) is 5.91 Å². The molecule has 0 saturated heterocycles. The molecule has 1 aliphatic rings. The highest BCUT2D eigenvalue weighted by atomic mass is 16.2. The number of fused-ring (bicyclic) bond motifs is 1. The molecule has 0 spiro atoms. The van der Waals surface area contributed by atoms with Crippen LogP contribution < -0.4 is 10.6 Å². The van der Waals surface area contributed by atoms with Gasteiger partial charge in [-0.25, -0.2) is 0 Å². The van der Waals surface area contributed by atoms with Gasteiger partial charge in [-0.05, 0) is 48.2 Å². The van der Waals surface area contributed by atoms with Crippen molar-refractivity contribution in [3.63, 3.8) is 0 Å². The molecule has 1 heterocycles. The first-order chi connectivity index (χ1) is 9.69. The molecule has 0 aromatic heterocycles. The van der Waals surface area contributed by atoms with Crippen LogP contribution >= 0.6 is 0 Å². The molecule has 0 saturated carbocycles. The van der Waals surface area contributed by atoms with Crippen molar-refractivity contribution in [1.82, 2.24) is 0 Å². The smallest absolute Gasteiger partial charge is 0.258 e. The van der Waals surface area contributed by atoms with Gasteiger partial charge < -0.3 is 10.6 Å². The Labute approximate surface area is 119 Å². The van der Waals surface area contributed by atoms with Crippen LogP contribution in [0.4, 0.5) is 11.4 Å². The fourth-order valence-corrected chi connectivity index (χ4v) is 2.65. The number of hydrogen-bond acceptors (Lipinski definition) is 2. The second kappa shape index (κ2) is 5.00. The zero-order valence-electron chi connectivity index (χ0n) is 11.6. The monoisotopic (exact) mass is 266 g/mol. The first-order valence-corrected chi connectivity index (χ1v) is 6.98. The summed E-state index contributed by atoms with van der Waals surface area (Å²) in [7, 11) is 0. The van der Waals surface area contributed by atoms with Gasteiger partial charge in [0.15, 0.2) is 0 Å². The number of benzene rings is 2. The van der Waals surface area contributed by atoms with Gasteiger partial charge in [0, 0.05) is 23.5 Å². The number of carbonyl (C=O) groups excluding carboxylic acids is 1. The summed E-state index contributed by atoms with van der Waals surface area (Å²) in [6.45, 7) is 2.84. The largest absolute Gasteiger partial charge is 0.399 e. The SMILES string of the molecule is CCc1ccc(C(=O)N2CCc3ccc(N)cc32)cc1. The molecule has 1 amide bonds. The molecule has 20 heavy (non-hydrogen) atoms. The highest BCUT2D eigenvalue weighted by Crippen LogP contribution is 2.31. The third-order valence-corrected chi connectivity index (χ3v) is 3.86. The Morgan fingerprint density at radius 2 is 1.95 bits per heavy atom. The van der Waals surface area contributed by atoms with E-state index in [9.17, 15) is 4.79 Å². The van der Waals surface area contributed by atoms with Crippen molar-refractivity contribution in [2.75, 3.05) is 17.2 Å². The first-order valence-electron chi connectivity index (χ1n) is 6.98. The highest BCUT2D eigenvalue weighted by molar-refractivity contribution is 6.07. The van der Waals surface area contributed by atoms with Crippen molar-refractivity contribution >= 4 is 17.3 Å². The number of hydrogen-bond donors (Lipinski definition) is 1. The van der Waals surface area contributed by atoms with E-state index in [1.165, 1.54) is 11.1 Å². The average molecular weight is 266 g/mol. The molecule has 3 nitrogen and oxygen atoms in total. The summed E-state index contributed by atoms with van der Waals surface area (Å²) in [6, 6.07) is 13.6. The van der Waals surface area contributed by atoms with Crippen LogP contribution in [0.2, 0.25) is 0 Å². The Hall–Kier alpha value is -2.29. The summed E-state index contributed by atoms with van der Waals surface area (Å²) in [6.07, 6.45) is 1.88. The van der Waals surface area contributed by atoms with Crippen molar-refractivity contribution in [1.29, 1.82) is 0 Å². The maximum absolute atomic E-state index is 12.6. The van der Waals surface area contributed by atoms with Gasteiger partial charge in [0.1, 0.15) is 0 Å². The number of carbonyl (C=O) groups is 1. The van der Waals surface area contributed by atoms with E-state index in [4.69, 9.17) is 5.73 Å². The van der Waals surface area contributed by atoms with Gasteiger partial charge in [-0.15, -0.1) is 0 Å². The van der Waals surface area contributed by atoms with Crippen molar-refractivity contribution in [2.45, 2.75) is 19.8 Å². The molecule has 0 bridgehead atoms. The molecule has 3 heteroatoms. The Balaban J connectivity index is 1.91. The maximum atomic E-state index is 12.6. The Bertz CT molecular complexity index is 647. The van der Waals surface area contributed by atoms with Crippen LogP contribution in [-0.2, 0) is 12.8 Å². The minimum absolute atomic E-state index is 0.0528. The minimum atomic E-state index is 0.0528. The zero-order chi connectivity index (χ0) is 14.1. The molecule has 0 fully saturated rings. The average Bonchev–Trinajstić information content (AvgIpc) is 2.89. The van der Waals surface area contributed by atoms with Crippen molar-refractivity contribution in [3.05, 3.63) is 59.2 Å². The number of nitrogens with zero attached hydrogens (tertiary/aromatic N) is 1. The molecule has 0 atom stereocenters. The van der Waals surface area contributed by atoms with Gasteiger partial charge in [0.2, 0.25) is 0 Å². The molecular weight excluding hydrogens is 248 g/mol. The Morgan fingerprint density at radius 3 is 2.65 bits per heavy atom. The van der Waals surface area contributed by atoms with E-state index in [0.717, 1.165) is 30.6 Å². The zero-order valence-corrected chi connectivity index (χ0v) is 11.6. The molecule has 3 rings (SSSR count). The van der Waals surface area contributed by atoms with Crippen LogP contribution in [0.15, 0.2) is 42.5 Å². The molecule has 0 unspecified atom stereocenters. The van der Waals surface area contributed by atoms with E-state index in [1.807, 2.05) is 47.4 Å². The van der Waals surface area contributed by atoms with Gasteiger partial charge in [-0.1, -0.05) is 25.1 Å². The molecule has 2 aromatic rings. The molecule has 2 aromatic carbocycles. The molecule has 0 radical (unpaired) electrons. The van der Waals surface area contributed by atoms with Crippen LogP contribution in [0.5, 0.6) is 0 Å². The van der Waals surface area contributed by atoms with Crippen LogP contribution in [-0.4, -0.2) is 12.5 Å². The number of rotatable bonds is 2. The predicted molar refractivity (Wildman–Crippen MR) is 82.1 cm³/mol. The van der Waals surface area contributed by atoms with Crippen LogP contribution in [0, 0.1) is 0 Å². The lowest BCUT2D eigenvalue weighted by atomic mass is 10.1. The van der Waals surface area contributed by atoms with E-state index in [0.29, 0.717) is 5.69 Å². The third kappa shape index (κ3) is 2.16. The summed E-state index contributed by atoms with van der Waals surface area (Å²) >= 11 is 0. The van der Waals surface area contributed by atoms with Crippen molar-refractivity contribution < 1.29 is 4.79 Å². The summed E-state index contributed by atoms with van der Waals surface area (Å²) < 4.78 is 0. The summed E-state index contributed by atoms with van der Waals surface area (Å²) in [5.41, 5.74) is 10.7. The molecule has 1 aliphatic heterocycles. The Morgan fingerprint density at radius 1 is 1.20 bits per heavy atom. The fourth-order valence-electron chi connectivity index (χ4n) is 2.65. The lowest BCUT2D eigenvalue weighted by Crippen LogP contribution is -2.28. The summed E-state index contributed by atoms with van der Waals surface area (Å²) in [5.74, 6) is 0.0528. The minimum Gasteiger partial charge on any atom is -0.399 e. The van der Waals surface area contributed by atoms with Gasteiger partial charge in [0.05, 0.1) is 0 Å². The van der Waals surface area contributed by atoms with E-state index in [1.54, 1.807) is 0 Å². The maximum Gasteiger partial charge on any atom is 0.258 e. The molecule has 2 N–H and O–H groups in total. The van der Waals surface area contributed by atoms with Crippen molar-refractivity contribution in [2.24, 2.45) is 0 Å². The van der Waals surface area contributed by atoms with Crippen LogP contribution in [0.3, 0.4) is 0 Å². The highest BCUT2D eigenvalue weighted by Gasteiger charge is 2.25. The topological polar surface area (TPSA) is 46.3 Å². The summed E-state index contributed by atoms with van der Waals surface area (Å²) in [5, 5.41) is 0. The fraction of sp³-hybridized carbons (Fsp3) is 0.235. The Kier molecular flexibility index (Phi) is 3.18. The third-order valence-electron chi connectivity index (χ3n) is 3.86. The quantitative estimate of drug-likeness (QED) is 0.849. The standard InChI is InChI=1S/C17H18N2O/c1-2-12-3-5-14(6-4-12)17(20)19-10-9-13-7-8-15(18)11-16(13)19/h3-8,11H,2,9-10,18H2,1H3. The molecule has 102 valence electrons. The second-order valence-electron chi connectivity index (χ2n) is 5.15. The number of aryl methyl sites for hydroxylation is 1. The number of anilines is 2. The van der Waals surface area contributed by atoms with E-state index in [2.05, 4.69) is 6.92 Å². The molecular formula is C17H18N2O. The molecule has 0 aliphatic carbocycles.